The number of hydrogen-bond donors (Lipinski definition) is 1. The number of aromatic nitrogens is 2. The Balaban J connectivity index is 1.66. The molecule has 2 rings (SSSR count). The van der Waals surface area contributed by atoms with Gasteiger partial charge >= 0.3 is 0 Å². The zero-order chi connectivity index (χ0) is 11.9. The minimum absolute atomic E-state index is 0.954. The predicted octanol–water partition coefficient (Wildman–Crippen LogP) is 3.58. The molecule has 94 valence electrons. The van der Waals surface area contributed by atoms with Gasteiger partial charge in [0.15, 0.2) is 0 Å². The zero-order valence-electron chi connectivity index (χ0n) is 10.5. The highest BCUT2D eigenvalue weighted by molar-refractivity contribution is 7.98. The molecule has 0 atom stereocenters. The first-order chi connectivity index (χ1) is 8.38. The van der Waals surface area contributed by atoms with E-state index in [0.29, 0.717) is 0 Å². The molecule has 0 radical (unpaired) electrons. The van der Waals surface area contributed by atoms with Gasteiger partial charge < -0.3 is 5.32 Å². The van der Waals surface area contributed by atoms with Crippen molar-refractivity contribution in [2.75, 3.05) is 18.1 Å². The average Bonchev–Trinajstić information content (AvgIpc) is 2.88. The summed E-state index contributed by atoms with van der Waals surface area (Å²) in [4.78, 5) is 8.38. The molecule has 1 aromatic heterocycles. The summed E-state index contributed by atoms with van der Waals surface area (Å²) in [5.74, 6) is 1.94. The summed E-state index contributed by atoms with van der Waals surface area (Å²) in [7, 11) is 0. The fourth-order valence-corrected chi connectivity index (χ4v) is 2.84. The summed E-state index contributed by atoms with van der Waals surface area (Å²) >= 11 is 1.65. The standard InChI is InChI=1S/C13H21N3S/c1-17-13-9-12(15-10-16-13)14-8-4-7-11-5-2-3-6-11/h9-11H,2-8H2,1H3,(H,14,15,16). The molecule has 0 saturated heterocycles. The van der Waals surface area contributed by atoms with E-state index in [1.54, 1.807) is 18.1 Å². The van der Waals surface area contributed by atoms with Crippen LogP contribution in [0.5, 0.6) is 0 Å². The lowest BCUT2D eigenvalue weighted by Gasteiger charge is -2.09. The largest absolute Gasteiger partial charge is 0.370 e. The van der Waals surface area contributed by atoms with Gasteiger partial charge in [-0.05, 0) is 25.0 Å². The molecule has 1 aromatic rings. The SMILES string of the molecule is CSc1cc(NCCCC2CCCC2)ncn1. The topological polar surface area (TPSA) is 37.8 Å². The maximum atomic E-state index is 4.22. The van der Waals surface area contributed by atoms with E-state index in [2.05, 4.69) is 15.3 Å². The molecule has 0 spiro atoms. The second kappa shape index (κ2) is 6.84. The Morgan fingerprint density at radius 2 is 2.18 bits per heavy atom. The minimum Gasteiger partial charge on any atom is -0.370 e. The molecular weight excluding hydrogens is 230 g/mol. The third-order valence-corrected chi connectivity index (χ3v) is 4.06. The molecule has 0 amide bonds. The number of rotatable bonds is 6. The number of thioether (sulfide) groups is 1. The molecular formula is C13H21N3S. The van der Waals surface area contributed by atoms with E-state index in [-0.39, 0.29) is 0 Å². The normalized spacial score (nSPS) is 16.3. The van der Waals surface area contributed by atoms with Crippen LogP contribution in [0.25, 0.3) is 0 Å². The minimum atomic E-state index is 0.954. The summed E-state index contributed by atoms with van der Waals surface area (Å²) in [6.07, 6.45) is 12.1. The van der Waals surface area contributed by atoms with Crippen molar-refractivity contribution < 1.29 is 0 Å². The van der Waals surface area contributed by atoms with Crippen molar-refractivity contribution in [3.05, 3.63) is 12.4 Å². The first-order valence-electron chi connectivity index (χ1n) is 6.48. The van der Waals surface area contributed by atoms with Crippen molar-refractivity contribution >= 4 is 17.6 Å². The number of anilines is 1. The highest BCUT2D eigenvalue weighted by Crippen LogP contribution is 2.28. The van der Waals surface area contributed by atoms with E-state index in [9.17, 15) is 0 Å². The summed E-state index contributed by atoms with van der Waals surface area (Å²) in [6, 6.07) is 2.01. The number of hydrogen-bond acceptors (Lipinski definition) is 4. The quantitative estimate of drug-likeness (QED) is 0.476. The first-order valence-corrected chi connectivity index (χ1v) is 7.71. The zero-order valence-corrected chi connectivity index (χ0v) is 11.3. The monoisotopic (exact) mass is 251 g/mol. The van der Waals surface area contributed by atoms with Crippen LogP contribution in [0.1, 0.15) is 38.5 Å². The van der Waals surface area contributed by atoms with Crippen LogP contribution in [0, 0.1) is 5.92 Å². The third kappa shape index (κ3) is 4.19. The van der Waals surface area contributed by atoms with Crippen LogP contribution in [0.3, 0.4) is 0 Å². The van der Waals surface area contributed by atoms with Gasteiger partial charge in [0, 0.05) is 12.6 Å². The van der Waals surface area contributed by atoms with E-state index in [1.807, 2.05) is 12.3 Å². The van der Waals surface area contributed by atoms with Gasteiger partial charge in [-0.2, -0.15) is 0 Å². The molecule has 0 bridgehead atoms. The summed E-state index contributed by atoms with van der Waals surface area (Å²) in [6.45, 7) is 1.03. The highest BCUT2D eigenvalue weighted by atomic mass is 32.2. The lowest BCUT2D eigenvalue weighted by molar-refractivity contribution is 0.491. The van der Waals surface area contributed by atoms with Gasteiger partial charge in [-0.15, -0.1) is 11.8 Å². The van der Waals surface area contributed by atoms with Crippen LogP contribution in [0.4, 0.5) is 5.82 Å². The van der Waals surface area contributed by atoms with Crippen LogP contribution >= 0.6 is 11.8 Å². The molecule has 0 aliphatic heterocycles. The Labute approximate surface area is 108 Å². The van der Waals surface area contributed by atoms with E-state index in [1.165, 1.54) is 38.5 Å². The van der Waals surface area contributed by atoms with Gasteiger partial charge in [0.25, 0.3) is 0 Å². The van der Waals surface area contributed by atoms with Gasteiger partial charge in [0.05, 0.1) is 0 Å². The van der Waals surface area contributed by atoms with E-state index in [0.717, 1.165) is 23.3 Å². The number of nitrogens with one attached hydrogen (secondary N) is 1. The fraction of sp³-hybridized carbons (Fsp3) is 0.692. The molecule has 1 N–H and O–H groups in total. The van der Waals surface area contributed by atoms with Crippen molar-refractivity contribution in [3.8, 4) is 0 Å². The van der Waals surface area contributed by atoms with Crippen LogP contribution in [-0.2, 0) is 0 Å². The molecule has 1 aliphatic rings. The molecule has 0 unspecified atom stereocenters. The molecule has 3 nitrogen and oxygen atoms in total. The van der Waals surface area contributed by atoms with Crippen molar-refractivity contribution in [2.24, 2.45) is 5.92 Å². The Hall–Kier alpha value is -0.770. The van der Waals surface area contributed by atoms with Crippen molar-refractivity contribution in [1.29, 1.82) is 0 Å². The van der Waals surface area contributed by atoms with Crippen LogP contribution < -0.4 is 5.32 Å². The lowest BCUT2D eigenvalue weighted by Crippen LogP contribution is -2.05. The van der Waals surface area contributed by atoms with E-state index in [4.69, 9.17) is 0 Å². The van der Waals surface area contributed by atoms with E-state index >= 15 is 0 Å². The molecule has 0 aromatic carbocycles. The second-order valence-corrected chi connectivity index (χ2v) is 5.49. The molecule has 1 fully saturated rings. The second-order valence-electron chi connectivity index (χ2n) is 4.67. The van der Waals surface area contributed by atoms with Gasteiger partial charge in [-0.1, -0.05) is 25.7 Å². The maximum Gasteiger partial charge on any atom is 0.130 e. The molecule has 17 heavy (non-hydrogen) atoms. The maximum absolute atomic E-state index is 4.22. The first kappa shape index (κ1) is 12.7. The van der Waals surface area contributed by atoms with Crippen LogP contribution in [-0.4, -0.2) is 22.8 Å². The van der Waals surface area contributed by atoms with Crippen molar-refractivity contribution in [1.82, 2.24) is 9.97 Å². The van der Waals surface area contributed by atoms with Crippen LogP contribution in [0.2, 0.25) is 0 Å². The Kier molecular flexibility index (Phi) is 5.10. The Morgan fingerprint density at radius 1 is 1.35 bits per heavy atom. The Morgan fingerprint density at radius 3 is 2.94 bits per heavy atom. The molecule has 4 heteroatoms. The lowest BCUT2D eigenvalue weighted by atomic mass is 10.0. The third-order valence-electron chi connectivity index (χ3n) is 3.42. The molecule has 1 heterocycles. The average molecular weight is 251 g/mol. The van der Waals surface area contributed by atoms with Gasteiger partial charge in [0.2, 0.25) is 0 Å². The van der Waals surface area contributed by atoms with Crippen molar-refractivity contribution in [3.63, 3.8) is 0 Å². The molecule has 1 aliphatic carbocycles. The predicted molar refractivity (Wildman–Crippen MR) is 73.5 cm³/mol. The van der Waals surface area contributed by atoms with Crippen LogP contribution in [0.15, 0.2) is 17.4 Å². The number of nitrogens with zero attached hydrogens (tertiary/aromatic N) is 2. The molecule has 1 saturated carbocycles. The van der Waals surface area contributed by atoms with Gasteiger partial charge in [-0.25, -0.2) is 9.97 Å². The van der Waals surface area contributed by atoms with Gasteiger partial charge in [0.1, 0.15) is 17.2 Å². The summed E-state index contributed by atoms with van der Waals surface area (Å²) < 4.78 is 0. The van der Waals surface area contributed by atoms with E-state index < -0.39 is 0 Å². The smallest absolute Gasteiger partial charge is 0.130 e. The summed E-state index contributed by atoms with van der Waals surface area (Å²) in [5, 5.41) is 4.41. The fourth-order valence-electron chi connectivity index (χ4n) is 2.45. The highest BCUT2D eigenvalue weighted by Gasteiger charge is 2.13. The van der Waals surface area contributed by atoms with Gasteiger partial charge in [-0.3, -0.25) is 0 Å². The Bertz CT molecular complexity index is 337. The van der Waals surface area contributed by atoms with Crippen molar-refractivity contribution in [2.45, 2.75) is 43.6 Å². The summed E-state index contributed by atoms with van der Waals surface area (Å²) in [5.41, 5.74) is 0.